The van der Waals surface area contributed by atoms with Crippen LogP contribution in [0.25, 0.3) is 0 Å². The van der Waals surface area contributed by atoms with E-state index >= 15 is 0 Å². The van der Waals surface area contributed by atoms with E-state index in [1.165, 1.54) is 0 Å². The number of hydrogen-bond donors (Lipinski definition) is 0. The summed E-state index contributed by atoms with van der Waals surface area (Å²) in [4.78, 5) is 28.7. The van der Waals surface area contributed by atoms with Crippen molar-refractivity contribution < 1.29 is 19.1 Å². The van der Waals surface area contributed by atoms with E-state index in [-0.39, 0.29) is 18.8 Å². The van der Waals surface area contributed by atoms with Gasteiger partial charge in [0, 0.05) is 19.6 Å². The highest BCUT2D eigenvalue weighted by molar-refractivity contribution is 5.71. The Morgan fingerprint density at radius 1 is 0.966 bits per heavy atom. The smallest absolute Gasteiger partial charge is 0.410 e. The molecule has 0 saturated carbocycles. The van der Waals surface area contributed by atoms with Crippen molar-refractivity contribution >= 4 is 12.2 Å². The summed E-state index contributed by atoms with van der Waals surface area (Å²) in [5, 5.41) is 0. The summed E-state index contributed by atoms with van der Waals surface area (Å²) in [5.41, 5.74) is 1.61. The van der Waals surface area contributed by atoms with Crippen LogP contribution < -0.4 is 0 Å². The molecule has 2 aromatic carbocycles. The Morgan fingerprint density at radius 3 is 2.28 bits per heavy atom. The Hall–Kier alpha value is -3.02. The second-order valence-electron chi connectivity index (χ2n) is 7.54. The number of cyclic esters (lactones) is 1. The molecule has 6 heteroatoms. The minimum absolute atomic E-state index is 0.262. The highest BCUT2D eigenvalue weighted by Gasteiger charge is 2.46. The fraction of sp³-hybridized carbons (Fsp3) is 0.391. The molecule has 0 unspecified atom stereocenters. The second kappa shape index (κ2) is 8.55. The Labute approximate surface area is 171 Å². The Kier molecular flexibility index (Phi) is 5.69. The van der Waals surface area contributed by atoms with Crippen molar-refractivity contribution in [2.75, 3.05) is 26.2 Å². The van der Waals surface area contributed by atoms with Crippen molar-refractivity contribution in [2.24, 2.45) is 0 Å². The van der Waals surface area contributed by atoms with Gasteiger partial charge in [0.1, 0.15) is 6.61 Å². The third-order valence-corrected chi connectivity index (χ3v) is 5.85. The van der Waals surface area contributed by atoms with E-state index in [1.807, 2.05) is 53.4 Å². The molecule has 2 fully saturated rings. The normalized spacial score (nSPS) is 18.8. The van der Waals surface area contributed by atoms with Gasteiger partial charge in [-0.05, 0) is 30.4 Å². The fourth-order valence-electron chi connectivity index (χ4n) is 4.27. The molecule has 0 N–H and O–H groups in total. The highest BCUT2D eigenvalue weighted by atomic mass is 16.6. The van der Waals surface area contributed by atoms with Crippen LogP contribution in [0, 0.1) is 0 Å². The predicted molar refractivity (Wildman–Crippen MR) is 108 cm³/mol. The topological polar surface area (TPSA) is 59.1 Å². The number of carbonyl (C=O) groups is 2. The first kappa shape index (κ1) is 19.3. The lowest BCUT2D eigenvalue weighted by molar-refractivity contribution is -0.0137. The number of ether oxygens (including phenoxy) is 2. The van der Waals surface area contributed by atoms with E-state index in [1.54, 1.807) is 4.90 Å². The molecule has 2 aromatic rings. The number of amides is 2. The number of hydrogen-bond acceptors (Lipinski definition) is 4. The molecule has 0 radical (unpaired) electrons. The van der Waals surface area contributed by atoms with Crippen molar-refractivity contribution in [2.45, 2.75) is 31.4 Å². The minimum atomic E-state index is -0.449. The van der Waals surface area contributed by atoms with E-state index in [9.17, 15) is 9.59 Å². The first-order chi connectivity index (χ1) is 14.2. The van der Waals surface area contributed by atoms with Crippen LogP contribution in [0.1, 0.15) is 30.4 Å². The molecule has 4 rings (SSSR count). The molecule has 2 aliphatic heterocycles. The maximum absolute atomic E-state index is 12.6. The average molecular weight is 394 g/mol. The average Bonchev–Trinajstić information content (AvgIpc) is 2.79. The van der Waals surface area contributed by atoms with Crippen molar-refractivity contribution in [3.8, 4) is 0 Å². The fourth-order valence-corrected chi connectivity index (χ4v) is 4.27. The largest absolute Gasteiger partial charge is 0.449 e. The zero-order valence-electron chi connectivity index (χ0n) is 16.5. The molecule has 0 aromatic heterocycles. The van der Waals surface area contributed by atoms with Gasteiger partial charge in [0.2, 0.25) is 0 Å². The summed E-state index contributed by atoms with van der Waals surface area (Å²) >= 11 is 0. The maximum Gasteiger partial charge on any atom is 0.410 e. The summed E-state index contributed by atoms with van der Waals surface area (Å²) in [6, 6.07) is 19.7. The predicted octanol–water partition coefficient (Wildman–Crippen LogP) is 4.16. The Balaban J connectivity index is 1.46. The molecule has 152 valence electrons. The first-order valence-corrected chi connectivity index (χ1v) is 10.1. The van der Waals surface area contributed by atoms with Gasteiger partial charge in [-0.1, -0.05) is 60.7 Å². The lowest BCUT2D eigenvalue weighted by atomic mass is 9.79. The van der Waals surface area contributed by atoms with Crippen LogP contribution in [0.15, 0.2) is 60.7 Å². The van der Waals surface area contributed by atoms with Crippen LogP contribution in [0.2, 0.25) is 0 Å². The van der Waals surface area contributed by atoms with Gasteiger partial charge < -0.3 is 14.4 Å². The van der Waals surface area contributed by atoms with Crippen LogP contribution in [-0.4, -0.2) is 48.2 Å². The van der Waals surface area contributed by atoms with Gasteiger partial charge in [-0.3, -0.25) is 4.90 Å². The van der Waals surface area contributed by atoms with E-state index in [2.05, 4.69) is 12.1 Å². The van der Waals surface area contributed by atoms with E-state index in [0.717, 1.165) is 17.5 Å². The third kappa shape index (κ3) is 4.06. The van der Waals surface area contributed by atoms with Crippen LogP contribution in [0.4, 0.5) is 9.59 Å². The highest BCUT2D eigenvalue weighted by Crippen LogP contribution is 2.40. The molecule has 2 heterocycles. The zero-order valence-corrected chi connectivity index (χ0v) is 16.5. The zero-order chi connectivity index (χ0) is 20.1. The summed E-state index contributed by atoms with van der Waals surface area (Å²) in [6.07, 6.45) is 1.57. The molecule has 6 nitrogen and oxygen atoms in total. The van der Waals surface area contributed by atoms with E-state index in [4.69, 9.17) is 9.47 Å². The Morgan fingerprint density at radius 2 is 1.62 bits per heavy atom. The van der Waals surface area contributed by atoms with E-state index < -0.39 is 5.54 Å². The van der Waals surface area contributed by atoms with Gasteiger partial charge in [0.05, 0.1) is 12.1 Å². The van der Waals surface area contributed by atoms with Crippen molar-refractivity contribution in [3.63, 3.8) is 0 Å². The molecule has 0 atom stereocenters. The first-order valence-electron chi connectivity index (χ1n) is 10.1. The molecule has 2 saturated heterocycles. The lowest BCUT2D eigenvalue weighted by Gasteiger charge is -2.49. The van der Waals surface area contributed by atoms with Crippen molar-refractivity contribution in [1.29, 1.82) is 0 Å². The maximum atomic E-state index is 12.6. The number of benzene rings is 2. The van der Waals surface area contributed by atoms with Crippen molar-refractivity contribution in [3.05, 3.63) is 71.8 Å². The number of piperidine rings is 1. The van der Waals surface area contributed by atoms with Gasteiger partial charge in [-0.2, -0.15) is 0 Å². The van der Waals surface area contributed by atoms with Crippen molar-refractivity contribution in [1.82, 2.24) is 9.80 Å². The van der Waals surface area contributed by atoms with Gasteiger partial charge in [-0.25, -0.2) is 9.59 Å². The summed E-state index contributed by atoms with van der Waals surface area (Å²) in [7, 11) is 0. The van der Waals surface area contributed by atoms with Gasteiger partial charge in [0.25, 0.3) is 0 Å². The Bertz CT molecular complexity index is 832. The SMILES string of the molecule is O=C(OCc1ccccc1)N1CCC(c2ccccc2)(N2CCCOC2=O)CC1. The molecule has 0 aliphatic carbocycles. The van der Waals surface area contributed by atoms with Crippen LogP contribution in [0.3, 0.4) is 0 Å². The van der Waals surface area contributed by atoms with Gasteiger partial charge in [-0.15, -0.1) is 0 Å². The van der Waals surface area contributed by atoms with Gasteiger partial charge >= 0.3 is 12.2 Å². The van der Waals surface area contributed by atoms with Crippen LogP contribution in [-0.2, 0) is 21.6 Å². The molecule has 29 heavy (non-hydrogen) atoms. The number of nitrogens with zero attached hydrogens (tertiary/aromatic N) is 2. The van der Waals surface area contributed by atoms with Gasteiger partial charge in [0.15, 0.2) is 0 Å². The standard InChI is InChI=1S/C23H26N2O4/c26-21(29-18-19-8-3-1-4-9-19)24-15-12-23(13-16-24,20-10-5-2-6-11-20)25-14-7-17-28-22(25)27/h1-6,8-11H,7,12-18H2. The quantitative estimate of drug-likeness (QED) is 0.781. The molecule has 0 bridgehead atoms. The second-order valence-corrected chi connectivity index (χ2v) is 7.54. The lowest BCUT2D eigenvalue weighted by Crippen LogP contribution is -2.57. The number of carbonyl (C=O) groups excluding carboxylic acids is 2. The molecular formula is C23H26N2O4. The van der Waals surface area contributed by atoms with E-state index in [0.29, 0.717) is 39.1 Å². The molecule has 2 aliphatic rings. The van der Waals surface area contributed by atoms with Crippen LogP contribution in [0.5, 0.6) is 0 Å². The molecular weight excluding hydrogens is 368 g/mol. The summed E-state index contributed by atoms with van der Waals surface area (Å²) in [5.74, 6) is 0. The summed E-state index contributed by atoms with van der Waals surface area (Å²) in [6.45, 7) is 2.47. The number of likely N-dealkylation sites (tertiary alicyclic amines) is 1. The third-order valence-electron chi connectivity index (χ3n) is 5.85. The number of rotatable bonds is 4. The minimum Gasteiger partial charge on any atom is -0.449 e. The van der Waals surface area contributed by atoms with Crippen LogP contribution >= 0.6 is 0 Å². The molecule has 2 amide bonds. The monoisotopic (exact) mass is 394 g/mol. The molecule has 0 spiro atoms. The summed E-state index contributed by atoms with van der Waals surface area (Å²) < 4.78 is 10.8.